The Kier molecular flexibility index (Phi) is 6.36. The van der Waals surface area contributed by atoms with E-state index in [0.29, 0.717) is 37.9 Å². The second kappa shape index (κ2) is 7.84. The quantitative estimate of drug-likeness (QED) is 0.523. The van der Waals surface area contributed by atoms with Crippen molar-refractivity contribution < 1.29 is 9.59 Å². The predicted octanol–water partition coefficient (Wildman–Crippen LogP) is 2.36. The molecule has 1 saturated heterocycles. The summed E-state index contributed by atoms with van der Waals surface area (Å²) in [7, 11) is 1.76. The summed E-state index contributed by atoms with van der Waals surface area (Å²) in [6, 6.07) is -0.163. The topological polar surface area (TPSA) is 43.9 Å². The molecule has 126 valence electrons. The van der Waals surface area contributed by atoms with Gasteiger partial charge in [0.15, 0.2) is 0 Å². The van der Waals surface area contributed by atoms with E-state index in [1.54, 1.807) is 11.9 Å². The maximum absolute atomic E-state index is 12.8. The fourth-order valence-corrected chi connectivity index (χ4v) is 4.02. The van der Waals surface area contributed by atoms with E-state index in [1.165, 1.54) is 4.90 Å². The van der Waals surface area contributed by atoms with Gasteiger partial charge in [-0.05, 0) is 12.8 Å². The number of carbonyl (C=O) groups excluding carboxylic acids is 2. The molecule has 3 amide bonds. The molecule has 22 heavy (non-hydrogen) atoms. The summed E-state index contributed by atoms with van der Waals surface area (Å²) < 4.78 is 0. The summed E-state index contributed by atoms with van der Waals surface area (Å²) in [6.07, 6.45) is 4.76. The number of hydrogen-bond donors (Lipinski definition) is 0. The van der Waals surface area contributed by atoms with Crippen molar-refractivity contribution in [1.82, 2.24) is 14.7 Å². The zero-order chi connectivity index (χ0) is 16.2. The van der Waals surface area contributed by atoms with Crippen LogP contribution in [0.15, 0.2) is 0 Å². The van der Waals surface area contributed by atoms with Crippen LogP contribution >= 0.6 is 23.2 Å². The van der Waals surface area contributed by atoms with Crippen LogP contribution in [0.1, 0.15) is 32.1 Å². The Bertz CT molecular complexity index is 408. The molecule has 0 radical (unpaired) electrons. The van der Waals surface area contributed by atoms with E-state index in [0.717, 1.165) is 32.1 Å². The molecule has 2 fully saturated rings. The molecule has 2 aliphatic rings. The second-order valence-corrected chi connectivity index (χ2v) is 6.87. The van der Waals surface area contributed by atoms with E-state index < -0.39 is 5.54 Å². The van der Waals surface area contributed by atoms with Crippen molar-refractivity contribution >= 4 is 35.1 Å². The largest absolute Gasteiger partial charge is 0.327 e. The van der Waals surface area contributed by atoms with Crippen molar-refractivity contribution in [3.63, 3.8) is 0 Å². The molecule has 1 aliphatic carbocycles. The number of amides is 3. The van der Waals surface area contributed by atoms with Crippen molar-refractivity contribution in [3.05, 3.63) is 0 Å². The van der Waals surface area contributed by atoms with Gasteiger partial charge in [0.2, 0.25) is 0 Å². The number of alkyl halides is 2. The van der Waals surface area contributed by atoms with E-state index in [9.17, 15) is 9.59 Å². The lowest BCUT2D eigenvalue weighted by atomic mass is 9.81. The molecule has 0 atom stereocenters. The summed E-state index contributed by atoms with van der Waals surface area (Å²) in [6.45, 7) is 2.47. The van der Waals surface area contributed by atoms with Crippen LogP contribution in [0.4, 0.5) is 4.79 Å². The number of nitrogens with zero attached hydrogens (tertiary/aromatic N) is 3. The third-order valence-corrected chi connectivity index (χ3v) is 5.26. The molecule has 1 heterocycles. The molecule has 5 nitrogen and oxygen atoms in total. The molecule has 1 spiro atoms. The molecule has 0 bridgehead atoms. The first-order valence-corrected chi connectivity index (χ1v) is 9.08. The number of halogens is 2. The van der Waals surface area contributed by atoms with Crippen LogP contribution in [0.25, 0.3) is 0 Å². The molecular weight excluding hydrogens is 325 g/mol. The standard InChI is InChI=1S/C15H25Cl2N3O2/c1-18-14(22)20(12-11-19(9-7-16)10-8-17)13(21)15(18)5-3-2-4-6-15/h2-12H2,1H3. The summed E-state index contributed by atoms with van der Waals surface area (Å²) in [5.41, 5.74) is -0.584. The number of rotatable bonds is 7. The van der Waals surface area contributed by atoms with Gasteiger partial charge >= 0.3 is 6.03 Å². The highest BCUT2D eigenvalue weighted by Gasteiger charge is 2.55. The maximum Gasteiger partial charge on any atom is 0.327 e. The minimum atomic E-state index is -0.584. The molecule has 0 N–H and O–H groups in total. The highest BCUT2D eigenvalue weighted by atomic mass is 35.5. The van der Waals surface area contributed by atoms with Crippen molar-refractivity contribution in [3.8, 4) is 0 Å². The Labute approximate surface area is 142 Å². The molecule has 0 aromatic rings. The molecule has 7 heteroatoms. The average Bonchev–Trinajstić information content (AvgIpc) is 2.69. The van der Waals surface area contributed by atoms with Crippen LogP contribution in [-0.4, -0.2) is 77.2 Å². The summed E-state index contributed by atoms with van der Waals surface area (Å²) in [5.74, 6) is 1.02. The van der Waals surface area contributed by atoms with E-state index in [-0.39, 0.29) is 11.9 Å². The van der Waals surface area contributed by atoms with Crippen LogP contribution in [-0.2, 0) is 4.79 Å². The molecule has 0 unspecified atom stereocenters. The van der Waals surface area contributed by atoms with Crippen LogP contribution in [0.2, 0.25) is 0 Å². The smallest absolute Gasteiger partial charge is 0.313 e. The minimum Gasteiger partial charge on any atom is -0.313 e. The Hall–Kier alpha value is -0.520. The molecule has 2 rings (SSSR count). The van der Waals surface area contributed by atoms with E-state index >= 15 is 0 Å². The van der Waals surface area contributed by atoms with Gasteiger partial charge in [-0.3, -0.25) is 14.6 Å². The lowest BCUT2D eigenvalue weighted by Gasteiger charge is -2.35. The van der Waals surface area contributed by atoms with Gasteiger partial charge in [0, 0.05) is 45.0 Å². The number of urea groups is 1. The zero-order valence-electron chi connectivity index (χ0n) is 13.2. The summed E-state index contributed by atoms with van der Waals surface area (Å²) in [5, 5.41) is 0. The predicted molar refractivity (Wildman–Crippen MR) is 88.6 cm³/mol. The van der Waals surface area contributed by atoms with E-state index in [2.05, 4.69) is 4.90 Å². The molecule has 0 aromatic heterocycles. The SMILES string of the molecule is CN1C(=O)N(CCN(CCCl)CCCl)C(=O)C12CCCCC2. The van der Waals surface area contributed by atoms with Gasteiger partial charge in [0.1, 0.15) is 5.54 Å². The average molecular weight is 350 g/mol. The number of likely N-dealkylation sites (N-methyl/N-ethyl adjacent to an activating group) is 1. The van der Waals surface area contributed by atoms with Crippen molar-refractivity contribution in [2.75, 3.05) is 45.0 Å². The first-order chi connectivity index (χ1) is 10.6. The first-order valence-electron chi connectivity index (χ1n) is 8.01. The Morgan fingerprint density at radius 2 is 1.64 bits per heavy atom. The van der Waals surface area contributed by atoms with Gasteiger partial charge in [-0.1, -0.05) is 19.3 Å². The highest BCUT2D eigenvalue weighted by molar-refractivity contribution is 6.18. The normalized spacial score (nSPS) is 21.5. The van der Waals surface area contributed by atoms with E-state index in [1.807, 2.05) is 0 Å². The number of imide groups is 1. The Balaban J connectivity index is 2.02. The Morgan fingerprint density at radius 3 is 2.18 bits per heavy atom. The van der Waals surface area contributed by atoms with Gasteiger partial charge < -0.3 is 4.90 Å². The number of carbonyl (C=O) groups is 2. The van der Waals surface area contributed by atoms with Gasteiger partial charge in [0.05, 0.1) is 0 Å². The van der Waals surface area contributed by atoms with Crippen LogP contribution in [0.3, 0.4) is 0 Å². The van der Waals surface area contributed by atoms with Gasteiger partial charge in [-0.2, -0.15) is 0 Å². The molecule has 1 aliphatic heterocycles. The fraction of sp³-hybridized carbons (Fsp3) is 0.867. The van der Waals surface area contributed by atoms with Gasteiger partial charge in [0.25, 0.3) is 5.91 Å². The highest BCUT2D eigenvalue weighted by Crippen LogP contribution is 2.39. The van der Waals surface area contributed by atoms with Crippen molar-refractivity contribution in [2.45, 2.75) is 37.6 Å². The van der Waals surface area contributed by atoms with Crippen LogP contribution in [0, 0.1) is 0 Å². The van der Waals surface area contributed by atoms with Crippen molar-refractivity contribution in [2.24, 2.45) is 0 Å². The fourth-order valence-electron chi connectivity index (χ4n) is 3.54. The second-order valence-electron chi connectivity index (χ2n) is 6.11. The Morgan fingerprint density at radius 1 is 1.05 bits per heavy atom. The summed E-state index contributed by atoms with van der Waals surface area (Å²) in [4.78, 5) is 30.5. The third-order valence-electron chi connectivity index (χ3n) is 4.93. The summed E-state index contributed by atoms with van der Waals surface area (Å²) >= 11 is 11.6. The zero-order valence-corrected chi connectivity index (χ0v) is 14.7. The first kappa shape index (κ1) is 17.8. The lowest BCUT2D eigenvalue weighted by molar-refractivity contribution is -0.134. The van der Waals surface area contributed by atoms with Gasteiger partial charge in [-0.15, -0.1) is 23.2 Å². The maximum atomic E-state index is 12.8. The third kappa shape index (κ3) is 3.36. The number of hydrogen-bond acceptors (Lipinski definition) is 3. The molecular formula is C15H25Cl2N3O2. The van der Waals surface area contributed by atoms with Gasteiger partial charge in [-0.25, -0.2) is 4.79 Å². The monoisotopic (exact) mass is 349 g/mol. The lowest BCUT2D eigenvalue weighted by Crippen LogP contribution is -2.49. The molecule has 1 saturated carbocycles. The van der Waals surface area contributed by atoms with Crippen molar-refractivity contribution in [1.29, 1.82) is 0 Å². The molecule has 0 aromatic carbocycles. The van der Waals surface area contributed by atoms with Crippen LogP contribution in [0.5, 0.6) is 0 Å². The minimum absolute atomic E-state index is 0.0172. The van der Waals surface area contributed by atoms with E-state index in [4.69, 9.17) is 23.2 Å². The van der Waals surface area contributed by atoms with Crippen LogP contribution < -0.4 is 0 Å².